The number of hydrogen-bond donors (Lipinski definition) is 3. The number of aromatic hydroxyl groups is 1. The van der Waals surface area contributed by atoms with Crippen LogP contribution in [0.1, 0.15) is 28.3 Å². The number of aromatic nitrogens is 2. The summed E-state index contributed by atoms with van der Waals surface area (Å²) in [5.74, 6) is 0.839. The Morgan fingerprint density at radius 2 is 1.83 bits per heavy atom. The van der Waals surface area contributed by atoms with Gasteiger partial charge in [-0.2, -0.15) is 0 Å². The monoisotopic (exact) mass is 410 g/mol. The fourth-order valence-corrected chi connectivity index (χ4v) is 4.02. The second kappa shape index (κ2) is 8.08. The van der Waals surface area contributed by atoms with Crippen molar-refractivity contribution in [2.24, 2.45) is 0 Å². The number of benzene rings is 2. The topological polar surface area (TPSA) is 110 Å². The van der Waals surface area contributed by atoms with Crippen molar-refractivity contribution in [2.75, 3.05) is 20.8 Å². The Hall–Kier alpha value is -3.52. The number of rotatable bonds is 5. The van der Waals surface area contributed by atoms with Gasteiger partial charge < -0.3 is 19.9 Å². The van der Waals surface area contributed by atoms with E-state index in [1.165, 1.54) is 4.57 Å². The fraction of sp³-hybridized carbons (Fsp3) is 0.273. The lowest BCUT2D eigenvalue weighted by Gasteiger charge is -2.26. The summed E-state index contributed by atoms with van der Waals surface area (Å²) in [7, 11) is 3.13. The van der Waals surface area contributed by atoms with E-state index in [4.69, 9.17) is 9.47 Å². The maximum atomic E-state index is 12.7. The van der Waals surface area contributed by atoms with Crippen molar-refractivity contribution < 1.29 is 19.9 Å². The Kier molecular flexibility index (Phi) is 5.33. The molecule has 0 saturated carbocycles. The van der Waals surface area contributed by atoms with Crippen molar-refractivity contribution in [1.29, 1.82) is 0 Å². The minimum absolute atomic E-state index is 0.152. The number of aromatic amines is 1. The summed E-state index contributed by atoms with van der Waals surface area (Å²) >= 11 is 0. The van der Waals surface area contributed by atoms with Gasteiger partial charge in [-0.25, -0.2) is 4.79 Å². The first-order valence-electron chi connectivity index (χ1n) is 9.71. The number of quaternary nitrogens is 1. The molecular formula is C22H24N3O5+. The van der Waals surface area contributed by atoms with Crippen LogP contribution in [0, 0.1) is 0 Å². The maximum Gasteiger partial charge on any atom is 0.331 e. The molecule has 0 aliphatic carbocycles. The van der Waals surface area contributed by atoms with Crippen LogP contribution in [0.4, 0.5) is 0 Å². The number of nitrogens with zero attached hydrogens (tertiary/aromatic N) is 1. The van der Waals surface area contributed by atoms with Gasteiger partial charge in [-0.15, -0.1) is 0 Å². The Morgan fingerprint density at radius 3 is 2.53 bits per heavy atom. The highest BCUT2D eigenvalue weighted by atomic mass is 16.5. The highest BCUT2D eigenvalue weighted by Crippen LogP contribution is 2.36. The van der Waals surface area contributed by atoms with E-state index in [1.54, 1.807) is 14.2 Å². The van der Waals surface area contributed by atoms with E-state index in [9.17, 15) is 14.7 Å². The maximum absolute atomic E-state index is 12.7. The smallest absolute Gasteiger partial charge is 0.331 e. The first kappa shape index (κ1) is 19.8. The first-order valence-corrected chi connectivity index (χ1v) is 9.71. The quantitative estimate of drug-likeness (QED) is 0.568. The van der Waals surface area contributed by atoms with E-state index in [1.807, 2.05) is 47.8 Å². The van der Waals surface area contributed by atoms with Crippen LogP contribution in [0.25, 0.3) is 0 Å². The molecule has 1 aliphatic rings. The van der Waals surface area contributed by atoms with E-state index in [2.05, 4.69) is 4.98 Å². The van der Waals surface area contributed by atoms with E-state index in [-0.39, 0.29) is 18.0 Å². The van der Waals surface area contributed by atoms with Crippen LogP contribution in [-0.2, 0) is 13.0 Å². The summed E-state index contributed by atoms with van der Waals surface area (Å²) in [4.78, 5) is 27.5. The van der Waals surface area contributed by atoms with Gasteiger partial charge in [-0.05, 0) is 23.3 Å². The number of hydrogen-bond acceptors (Lipinski definition) is 5. The molecule has 0 unspecified atom stereocenters. The first-order chi connectivity index (χ1) is 14.5. The predicted octanol–water partition coefficient (Wildman–Crippen LogP) is 0.517. The van der Waals surface area contributed by atoms with Gasteiger partial charge in [-0.3, -0.25) is 14.3 Å². The predicted molar refractivity (Wildman–Crippen MR) is 110 cm³/mol. The third-order valence-corrected chi connectivity index (χ3v) is 5.50. The summed E-state index contributed by atoms with van der Waals surface area (Å²) in [6.45, 7) is 0.880. The molecule has 1 atom stereocenters. The Labute approximate surface area is 172 Å². The molecule has 0 spiro atoms. The average molecular weight is 410 g/mol. The van der Waals surface area contributed by atoms with Crippen LogP contribution in [0.2, 0.25) is 0 Å². The van der Waals surface area contributed by atoms with E-state index in [0.29, 0.717) is 11.5 Å². The van der Waals surface area contributed by atoms with Crippen LogP contribution < -0.4 is 26.0 Å². The number of fused-ring (bicyclic) bond motifs is 1. The van der Waals surface area contributed by atoms with Crippen LogP contribution in [0.5, 0.6) is 17.4 Å². The molecule has 30 heavy (non-hydrogen) atoms. The number of H-pyrrole nitrogens is 1. The van der Waals surface area contributed by atoms with Gasteiger partial charge >= 0.3 is 5.69 Å². The normalized spacial score (nSPS) is 15.5. The number of nitrogens with one attached hydrogen (secondary N) is 1. The van der Waals surface area contributed by atoms with Crippen molar-refractivity contribution in [3.05, 3.63) is 85.6 Å². The Balaban J connectivity index is 1.85. The zero-order valence-corrected chi connectivity index (χ0v) is 16.8. The van der Waals surface area contributed by atoms with Gasteiger partial charge in [0.2, 0.25) is 5.88 Å². The van der Waals surface area contributed by atoms with E-state index < -0.39 is 17.3 Å². The largest absolute Gasteiger partial charge is 0.494 e. The third kappa shape index (κ3) is 3.46. The van der Waals surface area contributed by atoms with Crippen molar-refractivity contribution in [2.45, 2.75) is 19.0 Å². The molecule has 1 aromatic heterocycles. The van der Waals surface area contributed by atoms with Gasteiger partial charge in [-0.1, -0.05) is 30.3 Å². The molecule has 8 heteroatoms. The highest BCUT2D eigenvalue weighted by Gasteiger charge is 2.33. The summed E-state index contributed by atoms with van der Waals surface area (Å²) in [6.07, 6.45) is 0.786. The minimum atomic E-state index is -0.645. The lowest BCUT2D eigenvalue weighted by atomic mass is 9.90. The van der Waals surface area contributed by atoms with Gasteiger partial charge in [0.25, 0.3) is 5.56 Å². The van der Waals surface area contributed by atoms with Crippen LogP contribution in [0.15, 0.2) is 52.1 Å². The summed E-state index contributed by atoms with van der Waals surface area (Å²) < 4.78 is 12.0. The molecule has 2 heterocycles. The van der Waals surface area contributed by atoms with Gasteiger partial charge in [0.1, 0.15) is 11.6 Å². The van der Waals surface area contributed by atoms with Crippen molar-refractivity contribution in [3.8, 4) is 17.4 Å². The Morgan fingerprint density at radius 1 is 1.13 bits per heavy atom. The molecule has 2 aromatic carbocycles. The molecule has 0 fully saturated rings. The molecule has 0 amide bonds. The SMILES string of the molecule is COc1cc2c(cc1OC)[C@@H](c1c(O)n(Cc3ccccc3)c(=O)[nH]c1=O)[NH2+]CC2. The lowest BCUT2D eigenvalue weighted by molar-refractivity contribution is -0.690. The zero-order chi connectivity index (χ0) is 21.3. The molecule has 0 radical (unpaired) electrons. The van der Waals surface area contributed by atoms with E-state index >= 15 is 0 Å². The van der Waals surface area contributed by atoms with Gasteiger partial charge in [0, 0.05) is 12.0 Å². The number of methoxy groups -OCH3 is 2. The molecule has 0 bridgehead atoms. The molecule has 4 rings (SSSR count). The summed E-state index contributed by atoms with van der Waals surface area (Å²) in [5, 5.41) is 13.0. The minimum Gasteiger partial charge on any atom is -0.494 e. The molecule has 8 nitrogen and oxygen atoms in total. The van der Waals surface area contributed by atoms with Crippen molar-refractivity contribution in [3.63, 3.8) is 0 Å². The zero-order valence-electron chi connectivity index (χ0n) is 16.8. The second-order valence-corrected chi connectivity index (χ2v) is 7.23. The van der Waals surface area contributed by atoms with Gasteiger partial charge in [0.15, 0.2) is 11.5 Å². The summed E-state index contributed by atoms with van der Waals surface area (Å²) in [5.41, 5.74) is 1.62. The third-order valence-electron chi connectivity index (χ3n) is 5.50. The van der Waals surface area contributed by atoms with Crippen LogP contribution in [0.3, 0.4) is 0 Å². The average Bonchev–Trinajstić information content (AvgIpc) is 2.76. The van der Waals surface area contributed by atoms with E-state index in [0.717, 1.165) is 29.7 Å². The molecule has 1 aliphatic heterocycles. The van der Waals surface area contributed by atoms with Crippen LogP contribution >= 0.6 is 0 Å². The van der Waals surface area contributed by atoms with Crippen molar-refractivity contribution in [1.82, 2.24) is 9.55 Å². The molecule has 4 N–H and O–H groups in total. The lowest BCUT2D eigenvalue weighted by Crippen LogP contribution is -2.87. The summed E-state index contributed by atoms with van der Waals surface area (Å²) in [6, 6.07) is 12.6. The second-order valence-electron chi connectivity index (χ2n) is 7.23. The standard InChI is InChI=1S/C22H23N3O5/c1-29-16-10-14-8-9-23-19(15(14)11-17(16)30-2)18-20(26)24-22(28)25(21(18)27)12-13-6-4-3-5-7-13/h3-7,10-11,19,23,27H,8-9,12H2,1-2H3,(H,24,26,28)/p+1/t19-/m0/s1. The Bertz CT molecular complexity index is 1180. The molecule has 0 saturated heterocycles. The molecular weight excluding hydrogens is 386 g/mol. The molecule has 156 valence electrons. The molecule has 3 aromatic rings. The fourth-order valence-electron chi connectivity index (χ4n) is 4.02. The number of ether oxygens (including phenoxy) is 2. The number of nitrogens with two attached hydrogens (primary N) is 1. The van der Waals surface area contributed by atoms with Crippen molar-refractivity contribution >= 4 is 0 Å². The van der Waals surface area contributed by atoms with Crippen LogP contribution in [-0.4, -0.2) is 35.4 Å². The highest BCUT2D eigenvalue weighted by molar-refractivity contribution is 5.51. The van der Waals surface area contributed by atoms with Gasteiger partial charge in [0.05, 0.1) is 27.3 Å².